The maximum atomic E-state index is 14.0. The number of piperidine rings is 1. The van der Waals surface area contributed by atoms with Crippen LogP contribution in [0.25, 0.3) is 0 Å². The first-order chi connectivity index (χ1) is 13.1. The molecule has 6 nitrogen and oxygen atoms in total. The molecule has 0 bridgehead atoms. The van der Waals surface area contributed by atoms with Crippen LogP contribution in [-0.4, -0.2) is 42.3 Å². The zero-order chi connectivity index (χ0) is 18.8. The molecule has 3 aromatic rings. The Morgan fingerprint density at radius 3 is 2.81 bits per heavy atom. The Morgan fingerprint density at radius 2 is 2.04 bits per heavy atom. The van der Waals surface area contributed by atoms with Crippen LogP contribution < -0.4 is 0 Å². The number of nitrogens with zero attached hydrogens (tertiary/aromatic N) is 6. The van der Waals surface area contributed by atoms with E-state index in [9.17, 15) is 4.39 Å². The van der Waals surface area contributed by atoms with E-state index in [0.717, 1.165) is 49.0 Å². The molecule has 3 heterocycles. The lowest BCUT2D eigenvalue weighted by molar-refractivity contribution is 0.193. The Bertz CT molecular complexity index is 915. The summed E-state index contributed by atoms with van der Waals surface area (Å²) in [5, 5.41) is 8.90. The molecule has 4 rings (SSSR count). The van der Waals surface area contributed by atoms with Crippen molar-refractivity contribution in [2.24, 2.45) is 7.05 Å². The first-order valence-corrected chi connectivity index (χ1v) is 9.43. The summed E-state index contributed by atoms with van der Waals surface area (Å²) < 4.78 is 18.2. The van der Waals surface area contributed by atoms with Crippen molar-refractivity contribution in [3.63, 3.8) is 0 Å². The number of hydrogen-bond donors (Lipinski definition) is 0. The predicted molar refractivity (Wildman–Crippen MR) is 101 cm³/mol. The first-order valence-electron chi connectivity index (χ1n) is 9.43. The lowest BCUT2D eigenvalue weighted by Crippen LogP contribution is -2.35. The molecule has 1 aromatic carbocycles. The quantitative estimate of drug-likeness (QED) is 0.695. The number of aryl methyl sites for hydroxylation is 1. The normalized spacial score (nSPS) is 18.1. The minimum Gasteiger partial charge on any atom is -0.328 e. The maximum Gasteiger partial charge on any atom is 0.152 e. The van der Waals surface area contributed by atoms with E-state index in [1.54, 1.807) is 12.3 Å². The number of benzene rings is 1. The van der Waals surface area contributed by atoms with Crippen LogP contribution in [-0.2, 0) is 20.1 Å². The monoisotopic (exact) mass is 368 g/mol. The van der Waals surface area contributed by atoms with E-state index in [-0.39, 0.29) is 5.82 Å². The topological polar surface area (TPSA) is 51.8 Å². The van der Waals surface area contributed by atoms with Crippen molar-refractivity contribution in [2.45, 2.75) is 38.8 Å². The van der Waals surface area contributed by atoms with Crippen molar-refractivity contribution in [2.75, 3.05) is 13.1 Å². The van der Waals surface area contributed by atoms with Gasteiger partial charge in [0.2, 0.25) is 0 Å². The summed E-state index contributed by atoms with van der Waals surface area (Å²) in [5.41, 5.74) is 0.757. The highest BCUT2D eigenvalue weighted by Gasteiger charge is 2.26. The van der Waals surface area contributed by atoms with E-state index in [1.165, 1.54) is 6.07 Å². The predicted octanol–water partition coefficient (Wildman–Crippen LogP) is 2.89. The van der Waals surface area contributed by atoms with Crippen LogP contribution in [0.2, 0.25) is 0 Å². The van der Waals surface area contributed by atoms with Gasteiger partial charge in [0.1, 0.15) is 17.5 Å². The number of rotatable bonds is 5. The fourth-order valence-corrected chi connectivity index (χ4v) is 3.87. The number of likely N-dealkylation sites (tertiary alicyclic amines) is 1. The molecule has 2 aromatic heterocycles. The van der Waals surface area contributed by atoms with Gasteiger partial charge in [-0.3, -0.25) is 4.90 Å². The Labute approximate surface area is 158 Å². The van der Waals surface area contributed by atoms with Gasteiger partial charge in [0.05, 0.1) is 6.54 Å². The van der Waals surface area contributed by atoms with E-state index in [4.69, 9.17) is 0 Å². The van der Waals surface area contributed by atoms with E-state index in [0.29, 0.717) is 19.0 Å². The summed E-state index contributed by atoms with van der Waals surface area (Å²) in [6.07, 6.45) is 5.93. The number of imidazole rings is 1. The number of aromatic nitrogens is 5. The van der Waals surface area contributed by atoms with Crippen LogP contribution in [0.5, 0.6) is 0 Å². The molecule has 7 heteroatoms. The third kappa shape index (κ3) is 3.78. The number of hydrogen-bond acceptors (Lipinski definition) is 4. The van der Waals surface area contributed by atoms with Crippen molar-refractivity contribution in [3.8, 4) is 0 Å². The van der Waals surface area contributed by atoms with Crippen LogP contribution in [0.3, 0.4) is 0 Å². The molecule has 0 unspecified atom stereocenters. The van der Waals surface area contributed by atoms with Gasteiger partial charge in [0.15, 0.2) is 5.82 Å². The molecule has 0 amide bonds. The zero-order valence-corrected chi connectivity index (χ0v) is 15.8. The van der Waals surface area contributed by atoms with Crippen molar-refractivity contribution >= 4 is 0 Å². The van der Waals surface area contributed by atoms with E-state index >= 15 is 0 Å². The van der Waals surface area contributed by atoms with E-state index in [1.807, 2.05) is 32.3 Å². The first kappa shape index (κ1) is 17.9. The molecule has 0 aliphatic carbocycles. The van der Waals surface area contributed by atoms with Crippen LogP contribution in [0.4, 0.5) is 4.39 Å². The summed E-state index contributed by atoms with van der Waals surface area (Å²) in [6, 6.07) is 7.03. The lowest BCUT2D eigenvalue weighted by atomic mass is 9.96. The van der Waals surface area contributed by atoms with Gasteiger partial charge >= 0.3 is 0 Å². The molecule has 0 saturated carbocycles. The third-order valence-electron chi connectivity index (χ3n) is 5.46. The molecule has 0 spiro atoms. The Kier molecular flexibility index (Phi) is 5.03. The summed E-state index contributed by atoms with van der Waals surface area (Å²) in [7, 11) is 2.03. The molecule has 1 saturated heterocycles. The SMILES string of the molecule is Cc1nccn1Cc1nnc([C@H]2CCCN(Cc3ccccc3F)C2)n1C. The summed E-state index contributed by atoms with van der Waals surface area (Å²) >= 11 is 0. The molecule has 1 fully saturated rings. The van der Waals surface area contributed by atoms with Crippen molar-refractivity contribution in [1.29, 1.82) is 0 Å². The number of halogens is 1. The van der Waals surface area contributed by atoms with Gasteiger partial charge in [-0.15, -0.1) is 10.2 Å². The smallest absolute Gasteiger partial charge is 0.152 e. The molecule has 27 heavy (non-hydrogen) atoms. The molecule has 1 aliphatic rings. The minimum atomic E-state index is -0.128. The second-order valence-corrected chi connectivity index (χ2v) is 7.30. The fraction of sp³-hybridized carbons (Fsp3) is 0.450. The fourth-order valence-electron chi connectivity index (χ4n) is 3.87. The molecule has 0 N–H and O–H groups in total. The third-order valence-corrected chi connectivity index (χ3v) is 5.46. The second kappa shape index (κ2) is 7.60. The summed E-state index contributed by atoms with van der Waals surface area (Å²) in [4.78, 5) is 6.58. The molecular formula is C20H25FN6. The molecule has 142 valence electrons. The highest BCUT2D eigenvalue weighted by Crippen LogP contribution is 2.27. The standard InChI is InChI=1S/C20H25FN6/c1-15-22-9-11-27(15)14-19-23-24-20(25(19)2)17-7-5-10-26(13-17)12-16-6-3-4-8-18(16)21/h3-4,6,8-9,11,17H,5,7,10,12-14H2,1-2H3/t17-/m0/s1. The van der Waals surface area contributed by atoms with Crippen LogP contribution in [0.15, 0.2) is 36.7 Å². The van der Waals surface area contributed by atoms with E-state index < -0.39 is 0 Å². The Balaban J connectivity index is 1.47. The Hall–Kier alpha value is -2.54. The Morgan fingerprint density at radius 1 is 1.19 bits per heavy atom. The highest BCUT2D eigenvalue weighted by atomic mass is 19.1. The molecule has 1 aliphatic heterocycles. The average molecular weight is 368 g/mol. The van der Waals surface area contributed by atoms with Gasteiger partial charge in [0, 0.05) is 44.0 Å². The van der Waals surface area contributed by atoms with Crippen molar-refractivity contribution in [3.05, 3.63) is 65.5 Å². The van der Waals surface area contributed by atoms with Crippen molar-refractivity contribution < 1.29 is 4.39 Å². The zero-order valence-electron chi connectivity index (χ0n) is 15.8. The van der Waals surface area contributed by atoms with Crippen LogP contribution in [0.1, 0.15) is 41.8 Å². The van der Waals surface area contributed by atoms with Gasteiger partial charge in [-0.05, 0) is 32.4 Å². The largest absolute Gasteiger partial charge is 0.328 e. The van der Waals surface area contributed by atoms with Gasteiger partial charge in [-0.2, -0.15) is 0 Å². The molecule has 1 atom stereocenters. The van der Waals surface area contributed by atoms with E-state index in [2.05, 4.69) is 29.2 Å². The minimum absolute atomic E-state index is 0.128. The lowest BCUT2D eigenvalue weighted by Gasteiger charge is -2.32. The average Bonchev–Trinajstić information content (AvgIpc) is 3.24. The summed E-state index contributed by atoms with van der Waals surface area (Å²) in [6.45, 7) is 5.16. The molecular weight excluding hydrogens is 343 g/mol. The van der Waals surface area contributed by atoms with Gasteiger partial charge < -0.3 is 9.13 Å². The molecule has 0 radical (unpaired) electrons. The maximum absolute atomic E-state index is 14.0. The van der Waals surface area contributed by atoms with Crippen LogP contribution >= 0.6 is 0 Å². The van der Waals surface area contributed by atoms with Gasteiger partial charge in [-0.25, -0.2) is 9.37 Å². The van der Waals surface area contributed by atoms with Gasteiger partial charge in [0.25, 0.3) is 0 Å². The van der Waals surface area contributed by atoms with Gasteiger partial charge in [-0.1, -0.05) is 18.2 Å². The van der Waals surface area contributed by atoms with Crippen molar-refractivity contribution in [1.82, 2.24) is 29.2 Å². The highest BCUT2D eigenvalue weighted by molar-refractivity contribution is 5.17. The second-order valence-electron chi connectivity index (χ2n) is 7.30. The van der Waals surface area contributed by atoms with Crippen LogP contribution in [0, 0.1) is 12.7 Å². The summed E-state index contributed by atoms with van der Waals surface area (Å²) in [5.74, 6) is 3.10.